The molecule has 0 heterocycles. The summed E-state index contributed by atoms with van der Waals surface area (Å²) in [6.45, 7) is 1.40. The lowest BCUT2D eigenvalue weighted by Crippen LogP contribution is -2.15. The molecule has 0 saturated carbocycles. The monoisotopic (exact) mass is 191 g/mol. The molecule has 1 N–H and O–H groups in total. The minimum atomic E-state index is -0.156. The van der Waals surface area contributed by atoms with Crippen LogP contribution in [0.2, 0.25) is 0 Å². The first kappa shape index (κ1) is 10.7. The van der Waals surface area contributed by atoms with Crippen LogP contribution < -0.4 is 5.32 Å². The quantitative estimate of drug-likeness (QED) is 0.556. The molecule has 1 rings (SSSR count). The predicted octanol–water partition coefficient (Wildman–Crippen LogP) is 2.33. The van der Waals surface area contributed by atoms with Crippen molar-refractivity contribution in [3.63, 3.8) is 0 Å². The van der Waals surface area contributed by atoms with Crippen molar-refractivity contribution >= 4 is 0 Å². The zero-order chi connectivity index (χ0) is 10.2. The van der Waals surface area contributed by atoms with E-state index in [-0.39, 0.29) is 5.82 Å². The van der Waals surface area contributed by atoms with E-state index in [1.807, 2.05) is 6.07 Å². The molecule has 0 aliphatic rings. The zero-order valence-electron chi connectivity index (χ0n) is 8.09. The van der Waals surface area contributed by atoms with E-state index in [9.17, 15) is 4.39 Å². The molecule has 0 atom stereocenters. The molecule has 0 aromatic heterocycles. The van der Waals surface area contributed by atoms with Gasteiger partial charge in [-0.15, -0.1) is 12.3 Å². The van der Waals surface area contributed by atoms with Crippen LogP contribution in [-0.2, 0) is 6.54 Å². The fraction of sp³-hybridized carbons (Fsp3) is 0.333. The average molecular weight is 191 g/mol. The molecule has 74 valence electrons. The van der Waals surface area contributed by atoms with E-state index < -0.39 is 0 Å². The Morgan fingerprint density at radius 2 is 2.14 bits per heavy atom. The van der Waals surface area contributed by atoms with Crippen LogP contribution in [0.25, 0.3) is 0 Å². The van der Waals surface area contributed by atoms with Crippen molar-refractivity contribution < 1.29 is 4.39 Å². The van der Waals surface area contributed by atoms with Gasteiger partial charge in [0.25, 0.3) is 0 Å². The third-order valence-corrected chi connectivity index (χ3v) is 1.95. The summed E-state index contributed by atoms with van der Waals surface area (Å²) in [4.78, 5) is 0. The van der Waals surface area contributed by atoms with Crippen LogP contribution >= 0.6 is 0 Å². The van der Waals surface area contributed by atoms with Crippen molar-refractivity contribution in [3.8, 4) is 12.3 Å². The Kier molecular flexibility index (Phi) is 4.74. The number of rotatable bonds is 5. The molecule has 0 fully saturated rings. The number of terminal acetylenes is 1. The number of nitrogens with one attached hydrogen (secondary N) is 1. The molecule has 0 aliphatic heterocycles. The van der Waals surface area contributed by atoms with Gasteiger partial charge < -0.3 is 5.32 Å². The van der Waals surface area contributed by atoms with Crippen LogP contribution in [0.15, 0.2) is 24.3 Å². The highest BCUT2D eigenvalue weighted by molar-refractivity contribution is 5.16. The molecule has 1 aromatic rings. The van der Waals surface area contributed by atoms with Crippen LogP contribution in [0.4, 0.5) is 4.39 Å². The highest BCUT2D eigenvalue weighted by Gasteiger charge is 1.98. The van der Waals surface area contributed by atoms with E-state index in [4.69, 9.17) is 6.42 Å². The summed E-state index contributed by atoms with van der Waals surface area (Å²) < 4.78 is 13.1. The number of hydrogen-bond acceptors (Lipinski definition) is 1. The van der Waals surface area contributed by atoms with Gasteiger partial charge in [0, 0.05) is 18.5 Å². The second-order valence-corrected chi connectivity index (χ2v) is 3.08. The van der Waals surface area contributed by atoms with E-state index in [2.05, 4.69) is 11.2 Å². The van der Waals surface area contributed by atoms with Gasteiger partial charge in [0.2, 0.25) is 0 Å². The highest BCUT2D eigenvalue weighted by Crippen LogP contribution is 2.05. The molecule has 2 heteroatoms. The van der Waals surface area contributed by atoms with Crippen molar-refractivity contribution in [3.05, 3.63) is 35.6 Å². The third kappa shape index (κ3) is 3.59. The molecule has 1 nitrogen and oxygen atoms in total. The van der Waals surface area contributed by atoms with Gasteiger partial charge in [-0.1, -0.05) is 18.2 Å². The van der Waals surface area contributed by atoms with Crippen LogP contribution in [0.3, 0.4) is 0 Å². The Hall–Kier alpha value is -1.33. The van der Waals surface area contributed by atoms with E-state index >= 15 is 0 Å². The van der Waals surface area contributed by atoms with Crippen LogP contribution in [0.5, 0.6) is 0 Å². The Morgan fingerprint density at radius 1 is 1.36 bits per heavy atom. The lowest BCUT2D eigenvalue weighted by Gasteiger charge is -2.04. The minimum Gasteiger partial charge on any atom is -0.313 e. The summed E-state index contributed by atoms with van der Waals surface area (Å²) in [6, 6.07) is 6.78. The summed E-state index contributed by atoms with van der Waals surface area (Å²) in [5.74, 6) is 2.41. The van der Waals surface area contributed by atoms with Gasteiger partial charge in [-0.2, -0.15) is 0 Å². The summed E-state index contributed by atoms with van der Waals surface area (Å²) in [5.41, 5.74) is 0.702. The first-order chi connectivity index (χ1) is 6.84. The minimum absolute atomic E-state index is 0.156. The van der Waals surface area contributed by atoms with Gasteiger partial charge in [0.15, 0.2) is 0 Å². The number of unbranched alkanes of at least 4 members (excludes halogenated alkanes) is 1. The predicted molar refractivity (Wildman–Crippen MR) is 56.2 cm³/mol. The van der Waals surface area contributed by atoms with Crippen molar-refractivity contribution in [2.45, 2.75) is 19.4 Å². The molecule has 0 unspecified atom stereocenters. The summed E-state index contributed by atoms with van der Waals surface area (Å²) >= 11 is 0. The maximum Gasteiger partial charge on any atom is 0.127 e. The first-order valence-corrected chi connectivity index (χ1v) is 4.72. The highest BCUT2D eigenvalue weighted by atomic mass is 19.1. The Morgan fingerprint density at radius 3 is 2.86 bits per heavy atom. The Bertz CT molecular complexity index is 314. The lowest BCUT2D eigenvalue weighted by molar-refractivity contribution is 0.583. The smallest absolute Gasteiger partial charge is 0.127 e. The molecule has 1 aromatic carbocycles. The number of benzene rings is 1. The second-order valence-electron chi connectivity index (χ2n) is 3.08. The van der Waals surface area contributed by atoms with Crippen molar-refractivity contribution in [2.75, 3.05) is 6.54 Å². The van der Waals surface area contributed by atoms with E-state index in [0.717, 1.165) is 19.4 Å². The van der Waals surface area contributed by atoms with Crippen molar-refractivity contribution in [1.82, 2.24) is 5.32 Å². The van der Waals surface area contributed by atoms with Gasteiger partial charge in [0.1, 0.15) is 5.82 Å². The van der Waals surface area contributed by atoms with Crippen molar-refractivity contribution in [2.24, 2.45) is 0 Å². The van der Waals surface area contributed by atoms with Crippen LogP contribution in [-0.4, -0.2) is 6.54 Å². The number of halogens is 1. The van der Waals surface area contributed by atoms with Gasteiger partial charge in [-0.25, -0.2) is 4.39 Å². The summed E-state index contributed by atoms with van der Waals surface area (Å²) in [6.07, 6.45) is 6.81. The fourth-order valence-electron chi connectivity index (χ4n) is 1.18. The topological polar surface area (TPSA) is 12.0 Å². The van der Waals surface area contributed by atoms with E-state index in [1.165, 1.54) is 6.07 Å². The maximum atomic E-state index is 13.1. The van der Waals surface area contributed by atoms with Crippen molar-refractivity contribution in [1.29, 1.82) is 0 Å². The zero-order valence-corrected chi connectivity index (χ0v) is 8.09. The summed E-state index contributed by atoms with van der Waals surface area (Å²) in [7, 11) is 0. The van der Waals surface area contributed by atoms with Gasteiger partial charge in [-0.3, -0.25) is 0 Å². The normalized spacial score (nSPS) is 9.71. The van der Waals surface area contributed by atoms with Gasteiger partial charge >= 0.3 is 0 Å². The molecule has 0 bridgehead atoms. The molecule has 0 saturated heterocycles. The lowest BCUT2D eigenvalue weighted by atomic mass is 10.2. The van der Waals surface area contributed by atoms with Gasteiger partial charge in [0.05, 0.1) is 0 Å². The van der Waals surface area contributed by atoms with Crippen LogP contribution in [0.1, 0.15) is 18.4 Å². The molecule has 0 aliphatic carbocycles. The number of hydrogen-bond donors (Lipinski definition) is 1. The largest absolute Gasteiger partial charge is 0.313 e. The first-order valence-electron chi connectivity index (χ1n) is 4.72. The molecule has 0 spiro atoms. The SMILES string of the molecule is C#CCCCNCc1ccccc1F. The second kappa shape index (κ2) is 6.17. The maximum absolute atomic E-state index is 13.1. The standard InChI is InChI=1S/C12H14FN/c1-2-3-6-9-14-10-11-7-4-5-8-12(11)13/h1,4-5,7-8,14H,3,6,9-10H2. The molecule has 0 amide bonds. The Balaban J connectivity index is 2.25. The van der Waals surface area contributed by atoms with E-state index in [1.54, 1.807) is 12.1 Å². The van der Waals surface area contributed by atoms with Crippen LogP contribution in [0, 0.1) is 18.2 Å². The average Bonchev–Trinajstić information content (AvgIpc) is 2.20. The molecular weight excluding hydrogens is 177 g/mol. The fourth-order valence-corrected chi connectivity index (χ4v) is 1.18. The molecule has 14 heavy (non-hydrogen) atoms. The van der Waals surface area contributed by atoms with Gasteiger partial charge in [-0.05, 0) is 19.0 Å². The van der Waals surface area contributed by atoms with E-state index in [0.29, 0.717) is 12.1 Å². The third-order valence-electron chi connectivity index (χ3n) is 1.95. The molecule has 0 radical (unpaired) electrons. The molecular formula is C12H14FN. The Labute approximate surface area is 84.3 Å². The summed E-state index contributed by atoms with van der Waals surface area (Å²) in [5, 5.41) is 3.14.